The third-order valence-electron chi connectivity index (χ3n) is 1.86. The smallest absolute Gasteiger partial charge is 0.390 e. The molecule has 1 heterocycles. The lowest BCUT2D eigenvalue weighted by Crippen LogP contribution is -2.13. The van der Waals surface area contributed by atoms with Crippen molar-refractivity contribution in [3.8, 4) is 0 Å². The van der Waals surface area contributed by atoms with Gasteiger partial charge in [0.25, 0.3) is 0 Å². The van der Waals surface area contributed by atoms with Gasteiger partial charge in [-0.3, -0.25) is 4.79 Å². The Balaban J connectivity index is 3.11. The van der Waals surface area contributed by atoms with E-state index in [4.69, 9.17) is 5.11 Å². The zero-order valence-corrected chi connectivity index (χ0v) is 8.38. The molecule has 0 fully saturated rings. The number of aromatic nitrogens is 2. The van der Waals surface area contributed by atoms with Gasteiger partial charge in [-0.05, 0) is 10.8 Å². The minimum absolute atomic E-state index is 0.00875. The Labute approximate surface area is 85.5 Å². The van der Waals surface area contributed by atoms with E-state index in [1.54, 1.807) is 0 Å². The van der Waals surface area contributed by atoms with Crippen LogP contribution in [0.25, 0.3) is 0 Å². The first-order valence-corrected chi connectivity index (χ1v) is 4.35. The average molecular weight is 213 g/mol. The van der Waals surface area contributed by atoms with E-state index in [1.165, 1.54) is 6.07 Å². The number of nitrogens with zero attached hydrogens (tertiary/aromatic N) is 3. The predicted octanol–water partition coefficient (Wildman–Crippen LogP) is 0.999. The molecule has 82 valence electrons. The molecule has 0 atom stereocenters. The second-order valence-corrected chi connectivity index (χ2v) is 3.39. The zero-order valence-electron chi connectivity index (χ0n) is 8.38. The Bertz CT molecular complexity index is 397. The highest BCUT2D eigenvalue weighted by atomic mass is 16.6. The summed E-state index contributed by atoms with van der Waals surface area (Å²) in [5, 5.41) is 22.7. The SMILES string of the molecule is CC(C)c1cc([N+](=O)[O-])nn1CC(=O)O. The quantitative estimate of drug-likeness (QED) is 0.594. The van der Waals surface area contributed by atoms with Crippen molar-refractivity contribution in [1.29, 1.82) is 0 Å². The maximum Gasteiger partial charge on any atom is 0.390 e. The lowest BCUT2D eigenvalue weighted by Gasteiger charge is -2.02. The van der Waals surface area contributed by atoms with Gasteiger partial charge in [-0.15, -0.1) is 0 Å². The molecule has 1 aromatic heterocycles. The first-order valence-electron chi connectivity index (χ1n) is 4.35. The fraction of sp³-hybridized carbons (Fsp3) is 0.500. The van der Waals surface area contributed by atoms with Crippen molar-refractivity contribution in [2.24, 2.45) is 0 Å². The third-order valence-corrected chi connectivity index (χ3v) is 1.86. The van der Waals surface area contributed by atoms with Crippen LogP contribution >= 0.6 is 0 Å². The summed E-state index contributed by atoms with van der Waals surface area (Å²) in [5.74, 6) is -1.40. The summed E-state index contributed by atoms with van der Waals surface area (Å²) in [6.45, 7) is 3.28. The van der Waals surface area contributed by atoms with Crippen molar-refractivity contribution in [2.75, 3.05) is 0 Å². The summed E-state index contributed by atoms with van der Waals surface area (Å²) in [6.07, 6.45) is 0. The van der Waals surface area contributed by atoms with E-state index in [-0.39, 0.29) is 18.3 Å². The van der Waals surface area contributed by atoms with Crippen LogP contribution in [0.15, 0.2) is 6.07 Å². The molecule has 0 amide bonds. The van der Waals surface area contributed by atoms with Gasteiger partial charge < -0.3 is 15.2 Å². The van der Waals surface area contributed by atoms with Gasteiger partial charge in [-0.2, -0.15) is 4.68 Å². The van der Waals surface area contributed by atoms with Crippen molar-refractivity contribution < 1.29 is 14.8 Å². The molecule has 1 aromatic rings. The number of carboxylic acids is 1. The summed E-state index contributed by atoms with van der Waals surface area (Å²) in [7, 11) is 0. The molecular weight excluding hydrogens is 202 g/mol. The average Bonchev–Trinajstić information content (AvgIpc) is 2.46. The topological polar surface area (TPSA) is 98.3 Å². The Kier molecular flexibility index (Phi) is 3.03. The molecule has 0 bridgehead atoms. The van der Waals surface area contributed by atoms with Crippen LogP contribution in [-0.4, -0.2) is 25.8 Å². The Morgan fingerprint density at radius 2 is 2.33 bits per heavy atom. The van der Waals surface area contributed by atoms with Crippen LogP contribution in [0.3, 0.4) is 0 Å². The van der Waals surface area contributed by atoms with Crippen LogP contribution < -0.4 is 0 Å². The fourth-order valence-corrected chi connectivity index (χ4v) is 1.23. The van der Waals surface area contributed by atoms with Crippen molar-refractivity contribution in [2.45, 2.75) is 26.3 Å². The number of carboxylic acid groups (broad SMARTS) is 1. The first kappa shape index (κ1) is 11.2. The molecule has 0 aliphatic carbocycles. The van der Waals surface area contributed by atoms with E-state index < -0.39 is 10.9 Å². The van der Waals surface area contributed by atoms with E-state index in [2.05, 4.69) is 5.10 Å². The van der Waals surface area contributed by atoms with E-state index in [9.17, 15) is 14.9 Å². The maximum absolute atomic E-state index is 10.5. The van der Waals surface area contributed by atoms with Gasteiger partial charge in [0, 0.05) is 0 Å². The second kappa shape index (κ2) is 4.07. The lowest BCUT2D eigenvalue weighted by atomic mass is 10.1. The molecule has 0 saturated heterocycles. The molecule has 0 spiro atoms. The van der Waals surface area contributed by atoms with Gasteiger partial charge in [0.15, 0.2) is 6.54 Å². The second-order valence-electron chi connectivity index (χ2n) is 3.39. The molecule has 0 saturated carbocycles. The minimum Gasteiger partial charge on any atom is -0.480 e. The number of nitro groups is 1. The van der Waals surface area contributed by atoms with Crippen molar-refractivity contribution in [3.05, 3.63) is 21.9 Å². The monoisotopic (exact) mass is 213 g/mol. The normalized spacial score (nSPS) is 10.6. The number of aliphatic carboxylic acids is 1. The van der Waals surface area contributed by atoms with Gasteiger partial charge in [0.1, 0.15) is 0 Å². The lowest BCUT2D eigenvalue weighted by molar-refractivity contribution is -0.389. The first-order chi connectivity index (χ1) is 6.91. The molecule has 0 unspecified atom stereocenters. The van der Waals surface area contributed by atoms with Crippen LogP contribution in [0.4, 0.5) is 5.82 Å². The summed E-state index contributed by atoms with van der Waals surface area (Å²) in [4.78, 5) is 20.3. The zero-order chi connectivity index (χ0) is 11.6. The van der Waals surface area contributed by atoms with Crippen LogP contribution in [-0.2, 0) is 11.3 Å². The van der Waals surface area contributed by atoms with Gasteiger partial charge in [0.2, 0.25) is 0 Å². The molecule has 1 rings (SSSR count). The molecule has 1 N–H and O–H groups in total. The van der Waals surface area contributed by atoms with Gasteiger partial charge >= 0.3 is 11.8 Å². The predicted molar refractivity (Wildman–Crippen MR) is 50.6 cm³/mol. The van der Waals surface area contributed by atoms with E-state index >= 15 is 0 Å². The van der Waals surface area contributed by atoms with Gasteiger partial charge in [0.05, 0.1) is 16.9 Å². The number of hydrogen-bond acceptors (Lipinski definition) is 4. The standard InChI is InChI=1S/C8H11N3O4/c1-5(2)6-3-7(11(14)15)9-10(6)4-8(12)13/h3,5H,4H2,1-2H3,(H,12,13). The molecule has 7 nitrogen and oxygen atoms in total. The largest absolute Gasteiger partial charge is 0.480 e. The highest BCUT2D eigenvalue weighted by molar-refractivity contribution is 5.66. The number of rotatable bonds is 4. The maximum atomic E-state index is 10.5. The van der Waals surface area contributed by atoms with Crippen molar-refractivity contribution in [3.63, 3.8) is 0 Å². The van der Waals surface area contributed by atoms with Crippen LogP contribution in [0.1, 0.15) is 25.5 Å². The van der Waals surface area contributed by atoms with Gasteiger partial charge in [-0.1, -0.05) is 13.8 Å². The van der Waals surface area contributed by atoms with Crippen molar-refractivity contribution in [1.82, 2.24) is 9.78 Å². The molecule has 15 heavy (non-hydrogen) atoms. The summed E-state index contributed by atoms with van der Waals surface area (Å²) < 4.78 is 1.14. The molecule has 0 radical (unpaired) electrons. The van der Waals surface area contributed by atoms with Crippen molar-refractivity contribution >= 4 is 11.8 Å². The van der Waals surface area contributed by atoms with E-state index in [0.29, 0.717) is 5.69 Å². The summed E-state index contributed by atoms with van der Waals surface area (Å²) in [6, 6.07) is 1.30. The van der Waals surface area contributed by atoms with E-state index in [0.717, 1.165) is 4.68 Å². The number of carbonyl (C=O) groups is 1. The number of hydrogen-bond donors (Lipinski definition) is 1. The minimum atomic E-state index is -1.07. The molecular formula is C8H11N3O4. The molecule has 0 aliphatic heterocycles. The Morgan fingerprint density at radius 3 is 2.73 bits per heavy atom. The van der Waals surface area contributed by atoms with Gasteiger partial charge in [-0.25, -0.2) is 0 Å². The molecule has 7 heteroatoms. The molecule has 0 aliphatic rings. The van der Waals surface area contributed by atoms with Crippen LogP contribution in [0, 0.1) is 10.1 Å². The highest BCUT2D eigenvalue weighted by Crippen LogP contribution is 2.19. The van der Waals surface area contributed by atoms with Crippen LogP contribution in [0.2, 0.25) is 0 Å². The Morgan fingerprint density at radius 1 is 1.73 bits per heavy atom. The third kappa shape index (κ3) is 2.52. The van der Waals surface area contributed by atoms with Crippen LogP contribution in [0.5, 0.6) is 0 Å². The fourth-order valence-electron chi connectivity index (χ4n) is 1.23. The summed E-state index contributed by atoms with van der Waals surface area (Å²) >= 11 is 0. The highest BCUT2D eigenvalue weighted by Gasteiger charge is 2.21. The molecule has 0 aromatic carbocycles. The van der Waals surface area contributed by atoms with E-state index in [1.807, 2.05) is 13.8 Å². The summed E-state index contributed by atoms with van der Waals surface area (Å²) in [5.41, 5.74) is 0.545. The Hall–Kier alpha value is -1.92.